The average molecular weight is 267 g/mol. The number of aliphatic carboxylic acids is 1. The van der Waals surface area contributed by atoms with E-state index >= 15 is 0 Å². The van der Waals surface area contributed by atoms with Gasteiger partial charge in [-0.15, -0.1) is 0 Å². The van der Waals surface area contributed by atoms with Gasteiger partial charge in [-0.2, -0.15) is 9.98 Å². The van der Waals surface area contributed by atoms with E-state index in [0.29, 0.717) is 12.8 Å². The number of isocyanates is 3. The van der Waals surface area contributed by atoms with Crippen LogP contribution < -0.4 is 0 Å². The first kappa shape index (κ1) is 16.6. The molecule has 8 heteroatoms. The fourth-order valence-corrected chi connectivity index (χ4v) is 1.59. The second-order valence-corrected chi connectivity index (χ2v) is 3.76. The highest BCUT2D eigenvalue weighted by atomic mass is 16.4. The summed E-state index contributed by atoms with van der Waals surface area (Å²) in [6.07, 6.45) is 4.54. The van der Waals surface area contributed by atoms with Gasteiger partial charge in [0.2, 0.25) is 18.2 Å². The third-order valence-corrected chi connectivity index (χ3v) is 2.70. The smallest absolute Gasteiger partial charge is 0.334 e. The second kappa shape index (κ2) is 8.66. The van der Waals surface area contributed by atoms with Gasteiger partial charge in [0.15, 0.2) is 5.54 Å². The molecule has 0 saturated heterocycles. The van der Waals surface area contributed by atoms with E-state index < -0.39 is 17.6 Å². The van der Waals surface area contributed by atoms with Crippen molar-refractivity contribution in [1.29, 1.82) is 0 Å². The van der Waals surface area contributed by atoms with E-state index in [2.05, 4.69) is 15.0 Å². The highest BCUT2D eigenvalue weighted by Crippen LogP contribution is 2.26. The Bertz CT molecular complexity index is 455. The molecular formula is C11H13N3O5. The molecule has 2 atom stereocenters. The lowest BCUT2D eigenvalue weighted by Crippen LogP contribution is -2.45. The summed E-state index contributed by atoms with van der Waals surface area (Å²) < 4.78 is 0. The number of aliphatic imine (C=N–C) groups is 3. The van der Waals surface area contributed by atoms with Gasteiger partial charge in [0.05, 0.1) is 12.6 Å². The van der Waals surface area contributed by atoms with Crippen LogP contribution in [0.3, 0.4) is 0 Å². The van der Waals surface area contributed by atoms with Crippen LogP contribution in [0.4, 0.5) is 0 Å². The molecule has 0 radical (unpaired) electrons. The quantitative estimate of drug-likeness (QED) is 0.367. The molecule has 19 heavy (non-hydrogen) atoms. The summed E-state index contributed by atoms with van der Waals surface area (Å²) in [4.78, 5) is 51.7. The first-order chi connectivity index (χ1) is 9.05. The maximum absolute atomic E-state index is 11.3. The summed E-state index contributed by atoms with van der Waals surface area (Å²) in [5.41, 5.74) is -1.84. The molecule has 0 fully saturated rings. The van der Waals surface area contributed by atoms with Crippen LogP contribution in [0.1, 0.15) is 26.2 Å². The number of carboxylic acid groups (broad SMARTS) is 1. The van der Waals surface area contributed by atoms with E-state index in [0.717, 1.165) is 0 Å². The Morgan fingerprint density at radius 3 is 2.37 bits per heavy atom. The number of carbonyl (C=O) groups excluding carboxylic acids is 3. The third kappa shape index (κ3) is 4.77. The van der Waals surface area contributed by atoms with E-state index in [-0.39, 0.29) is 13.0 Å². The Balaban J connectivity index is 5.02. The number of hydrogen-bond donors (Lipinski definition) is 1. The molecule has 0 aromatic rings. The highest BCUT2D eigenvalue weighted by Gasteiger charge is 2.44. The summed E-state index contributed by atoms with van der Waals surface area (Å²) in [5, 5.41) is 9.21. The Morgan fingerprint density at radius 1 is 1.21 bits per heavy atom. The third-order valence-electron chi connectivity index (χ3n) is 2.70. The zero-order valence-corrected chi connectivity index (χ0v) is 10.3. The summed E-state index contributed by atoms with van der Waals surface area (Å²) in [5.74, 6) is -1.37. The molecular weight excluding hydrogens is 254 g/mol. The molecule has 8 nitrogen and oxygen atoms in total. The van der Waals surface area contributed by atoms with Crippen LogP contribution in [0.25, 0.3) is 0 Å². The molecule has 0 spiro atoms. The summed E-state index contributed by atoms with van der Waals surface area (Å²) >= 11 is 0. The van der Waals surface area contributed by atoms with Crippen molar-refractivity contribution in [3.63, 3.8) is 0 Å². The van der Waals surface area contributed by atoms with Crippen LogP contribution in [0, 0.1) is 0 Å². The number of nitrogens with zero attached hydrogens (tertiary/aromatic N) is 3. The van der Waals surface area contributed by atoms with Crippen LogP contribution in [0.5, 0.6) is 0 Å². The van der Waals surface area contributed by atoms with Crippen molar-refractivity contribution in [2.45, 2.75) is 37.8 Å². The molecule has 102 valence electrons. The van der Waals surface area contributed by atoms with E-state index in [9.17, 15) is 24.3 Å². The van der Waals surface area contributed by atoms with Gasteiger partial charge in [-0.1, -0.05) is 0 Å². The lowest BCUT2D eigenvalue weighted by molar-refractivity contribution is -0.144. The molecule has 0 aromatic carbocycles. The first-order valence-electron chi connectivity index (χ1n) is 5.48. The summed E-state index contributed by atoms with van der Waals surface area (Å²) in [6, 6.07) is -1.04. The largest absolute Gasteiger partial charge is 0.479 e. The standard InChI is InChI=1S/C11H13N3O5/c1-9(13-7-16)11(10(18)19,14-8-17)4-2-3-5-12-6-15/h9H,2-5H2,1H3,(H,18,19). The molecule has 0 aliphatic rings. The van der Waals surface area contributed by atoms with Crippen LogP contribution in [0.2, 0.25) is 0 Å². The van der Waals surface area contributed by atoms with Crippen LogP contribution >= 0.6 is 0 Å². The first-order valence-corrected chi connectivity index (χ1v) is 5.48. The summed E-state index contributed by atoms with van der Waals surface area (Å²) in [7, 11) is 0. The maximum Gasteiger partial charge on any atom is 0.334 e. The molecule has 0 rings (SSSR count). The lowest BCUT2D eigenvalue weighted by atomic mass is 9.86. The minimum Gasteiger partial charge on any atom is -0.479 e. The van der Waals surface area contributed by atoms with Gasteiger partial charge in [0.1, 0.15) is 0 Å². The molecule has 0 aliphatic heterocycles. The lowest BCUT2D eigenvalue weighted by Gasteiger charge is -2.26. The van der Waals surface area contributed by atoms with Gasteiger partial charge in [-0.05, 0) is 26.2 Å². The fourth-order valence-electron chi connectivity index (χ4n) is 1.59. The van der Waals surface area contributed by atoms with Gasteiger partial charge in [0, 0.05) is 0 Å². The van der Waals surface area contributed by atoms with Crippen LogP contribution in [0.15, 0.2) is 15.0 Å². The molecule has 0 heterocycles. The van der Waals surface area contributed by atoms with Crippen molar-refractivity contribution in [2.75, 3.05) is 6.54 Å². The number of hydrogen-bond acceptors (Lipinski definition) is 7. The van der Waals surface area contributed by atoms with E-state index in [1.54, 1.807) is 0 Å². The van der Waals surface area contributed by atoms with Gasteiger partial charge in [-0.3, -0.25) is 0 Å². The fraction of sp³-hybridized carbons (Fsp3) is 0.636. The number of carbonyl (C=O) groups is 1. The van der Waals surface area contributed by atoms with Crippen molar-refractivity contribution in [2.24, 2.45) is 15.0 Å². The normalized spacial score (nSPS) is 13.9. The molecule has 0 saturated carbocycles. The van der Waals surface area contributed by atoms with Crippen molar-refractivity contribution >= 4 is 24.2 Å². The molecule has 1 N–H and O–H groups in total. The SMILES string of the molecule is CC(N=C=O)C(CCCCN=C=O)(N=C=O)C(=O)O. The van der Waals surface area contributed by atoms with Crippen molar-refractivity contribution < 1.29 is 24.3 Å². The Labute approximate surface area is 109 Å². The monoisotopic (exact) mass is 267 g/mol. The highest BCUT2D eigenvalue weighted by molar-refractivity contribution is 5.81. The minimum atomic E-state index is -1.84. The number of carboxylic acids is 1. The Kier molecular flexibility index (Phi) is 7.57. The molecule has 0 aromatic heterocycles. The minimum absolute atomic E-state index is 0.0295. The maximum atomic E-state index is 11.3. The molecule has 2 unspecified atom stereocenters. The Morgan fingerprint density at radius 2 is 1.89 bits per heavy atom. The van der Waals surface area contributed by atoms with E-state index in [1.807, 2.05) is 0 Å². The van der Waals surface area contributed by atoms with Gasteiger partial charge in [-0.25, -0.2) is 24.2 Å². The van der Waals surface area contributed by atoms with E-state index in [4.69, 9.17) is 0 Å². The van der Waals surface area contributed by atoms with E-state index in [1.165, 1.54) is 25.2 Å². The Hall–Kier alpha value is -2.39. The molecule has 0 amide bonds. The predicted octanol–water partition coefficient (Wildman–Crippen LogP) is 0.376. The van der Waals surface area contributed by atoms with Crippen molar-refractivity contribution in [3.05, 3.63) is 0 Å². The number of rotatable bonds is 9. The zero-order valence-electron chi connectivity index (χ0n) is 10.3. The number of unbranched alkanes of at least 4 members (excludes halogenated alkanes) is 1. The van der Waals surface area contributed by atoms with Crippen LogP contribution in [-0.2, 0) is 19.2 Å². The summed E-state index contributed by atoms with van der Waals surface area (Å²) in [6.45, 7) is 1.55. The average Bonchev–Trinajstić information content (AvgIpc) is 2.37. The second-order valence-electron chi connectivity index (χ2n) is 3.76. The van der Waals surface area contributed by atoms with Crippen LogP contribution in [-0.4, -0.2) is 47.4 Å². The zero-order chi connectivity index (χ0) is 14.7. The van der Waals surface area contributed by atoms with Crippen molar-refractivity contribution in [1.82, 2.24) is 0 Å². The molecule has 0 aliphatic carbocycles. The molecule has 0 bridgehead atoms. The predicted molar refractivity (Wildman–Crippen MR) is 62.9 cm³/mol. The van der Waals surface area contributed by atoms with Gasteiger partial charge in [0.25, 0.3) is 0 Å². The topological polar surface area (TPSA) is 126 Å². The van der Waals surface area contributed by atoms with Gasteiger partial charge < -0.3 is 5.11 Å². The van der Waals surface area contributed by atoms with Crippen molar-refractivity contribution in [3.8, 4) is 0 Å². The van der Waals surface area contributed by atoms with Gasteiger partial charge >= 0.3 is 5.97 Å².